The van der Waals surface area contributed by atoms with Gasteiger partial charge in [-0.3, -0.25) is 9.80 Å². The van der Waals surface area contributed by atoms with E-state index in [0.717, 1.165) is 67.2 Å². The Kier molecular flexibility index (Phi) is 5.71. The maximum atomic E-state index is 13.0. The van der Waals surface area contributed by atoms with Crippen LogP contribution in [-0.2, 0) is 11.3 Å². The molecule has 0 unspecified atom stereocenters. The van der Waals surface area contributed by atoms with Crippen molar-refractivity contribution in [3.63, 3.8) is 0 Å². The largest absolute Gasteiger partial charge is 0.478 e. The molecule has 7 heteroatoms. The molecule has 0 N–H and O–H groups in total. The van der Waals surface area contributed by atoms with Crippen LogP contribution in [0, 0.1) is 6.92 Å². The van der Waals surface area contributed by atoms with E-state index in [1.165, 1.54) is 0 Å². The van der Waals surface area contributed by atoms with E-state index in [9.17, 15) is 4.79 Å². The summed E-state index contributed by atoms with van der Waals surface area (Å²) in [6.45, 7) is 8.59. The number of benzene rings is 2. The molecule has 0 aliphatic carbocycles. The van der Waals surface area contributed by atoms with Gasteiger partial charge in [-0.1, -0.05) is 23.7 Å². The summed E-state index contributed by atoms with van der Waals surface area (Å²) in [6, 6.07) is 11.2. The molecule has 31 heavy (non-hydrogen) atoms. The zero-order valence-electron chi connectivity index (χ0n) is 17.5. The third-order valence-corrected chi connectivity index (χ3v) is 6.40. The fourth-order valence-corrected chi connectivity index (χ4v) is 4.50. The summed E-state index contributed by atoms with van der Waals surface area (Å²) in [6.07, 6.45) is 0. The van der Waals surface area contributed by atoms with Crippen LogP contribution in [0.2, 0.25) is 5.02 Å². The summed E-state index contributed by atoms with van der Waals surface area (Å²) >= 11 is 6.01. The molecule has 1 saturated heterocycles. The Balaban J connectivity index is 1.46. The predicted molar refractivity (Wildman–Crippen MR) is 121 cm³/mol. The number of hydrogen-bond donors (Lipinski definition) is 0. The second kappa shape index (κ2) is 8.63. The van der Waals surface area contributed by atoms with Gasteiger partial charge in [-0.15, -0.1) is 0 Å². The van der Waals surface area contributed by atoms with Crippen LogP contribution in [0.5, 0.6) is 5.75 Å². The Morgan fingerprint density at radius 2 is 1.74 bits per heavy atom. The molecule has 2 aromatic carbocycles. The van der Waals surface area contributed by atoms with Crippen LogP contribution in [0.3, 0.4) is 0 Å². The summed E-state index contributed by atoms with van der Waals surface area (Å²) in [7, 11) is 0. The van der Waals surface area contributed by atoms with Gasteiger partial charge >= 0.3 is 5.63 Å². The SMILES string of the molecule is Cc1c(-c2ccc(Cl)cc2)c(=O)oc2c3c(ccc12)OCN(CCN1CCOCC1)C3. The van der Waals surface area contributed by atoms with Gasteiger partial charge in [0.25, 0.3) is 0 Å². The Morgan fingerprint density at radius 3 is 2.52 bits per heavy atom. The molecule has 0 amide bonds. The number of rotatable bonds is 4. The Bertz CT molecular complexity index is 1150. The molecule has 2 aliphatic rings. The maximum Gasteiger partial charge on any atom is 0.344 e. The highest BCUT2D eigenvalue weighted by atomic mass is 35.5. The zero-order chi connectivity index (χ0) is 21.4. The molecule has 3 heterocycles. The van der Waals surface area contributed by atoms with Crippen LogP contribution < -0.4 is 10.4 Å². The Morgan fingerprint density at radius 1 is 1.00 bits per heavy atom. The molecule has 3 aromatic rings. The summed E-state index contributed by atoms with van der Waals surface area (Å²) in [5.41, 5.74) is 3.50. The monoisotopic (exact) mass is 440 g/mol. The standard InChI is InChI=1S/C24H25ClN2O4/c1-16-19-6-7-21-20(14-27(15-30-21)9-8-26-10-12-29-13-11-26)23(19)31-24(28)22(16)17-2-4-18(25)5-3-17/h2-7H,8-15H2,1H3. The van der Waals surface area contributed by atoms with Crippen molar-refractivity contribution in [1.82, 2.24) is 9.80 Å². The normalized spacial score (nSPS) is 17.5. The molecule has 0 spiro atoms. The van der Waals surface area contributed by atoms with Gasteiger partial charge in [0.2, 0.25) is 0 Å². The lowest BCUT2D eigenvalue weighted by Gasteiger charge is -2.32. The van der Waals surface area contributed by atoms with Crippen LogP contribution >= 0.6 is 11.6 Å². The van der Waals surface area contributed by atoms with Crippen molar-refractivity contribution in [3.8, 4) is 16.9 Å². The number of halogens is 1. The third-order valence-electron chi connectivity index (χ3n) is 6.15. The molecule has 2 aliphatic heterocycles. The van der Waals surface area contributed by atoms with Gasteiger partial charge in [-0.2, -0.15) is 0 Å². The lowest BCUT2D eigenvalue weighted by molar-refractivity contribution is 0.0241. The Labute approximate surface area is 185 Å². The average molecular weight is 441 g/mol. The van der Waals surface area contributed by atoms with E-state index in [1.807, 2.05) is 31.2 Å². The lowest BCUT2D eigenvalue weighted by Crippen LogP contribution is -2.43. The van der Waals surface area contributed by atoms with Gasteiger partial charge in [0.15, 0.2) is 0 Å². The maximum absolute atomic E-state index is 13.0. The molecule has 0 radical (unpaired) electrons. The summed E-state index contributed by atoms with van der Waals surface area (Å²) in [4.78, 5) is 17.6. The van der Waals surface area contributed by atoms with Gasteiger partial charge in [0.1, 0.15) is 18.1 Å². The van der Waals surface area contributed by atoms with Crippen molar-refractivity contribution in [2.75, 3.05) is 46.1 Å². The highest BCUT2D eigenvalue weighted by Gasteiger charge is 2.24. The first kappa shape index (κ1) is 20.5. The van der Waals surface area contributed by atoms with E-state index in [-0.39, 0.29) is 5.63 Å². The first-order valence-electron chi connectivity index (χ1n) is 10.6. The molecular formula is C24H25ClN2O4. The molecular weight excluding hydrogens is 416 g/mol. The van der Waals surface area contributed by atoms with Crippen molar-refractivity contribution in [2.24, 2.45) is 0 Å². The van der Waals surface area contributed by atoms with Crippen molar-refractivity contribution in [2.45, 2.75) is 13.5 Å². The van der Waals surface area contributed by atoms with Crippen LogP contribution in [-0.4, -0.2) is 55.9 Å². The van der Waals surface area contributed by atoms with Crippen molar-refractivity contribution >= 4 is 22.6 Å². The number of morpholine rings is 1. The van der Waals surface area contributed by atoms with Crippen molar-refractivity contribution < 1.29 is 13.9 Å². The molecule has 0 atom stereocenters. The fraction of sp³-hybridized carbons (Fsp3) is 0.375. The van der Waals surface area contributed by atoms with Crippen LogP contribution in [0.1, 0.15) is 11.1 Å². The number of fused-ring (bicyclic) bond motifs is 3. The smallest absolute Gasteiger partial charge is 0.344 e. The first-order chi connectivity index (χ1) is 15.1. The van der Waals surface area contributed by atoms with E-state index in [1.54, 1.807) is 12.1 Å². The topological polar surface area (TPSA) is 55.2 Å². The van der Waals surface area contributed by atoms with Gasteiger partial charge in [-0.05, 0) is 42.3 Å². The summed E-state index contributed by atoms with van der Waals surface area (Å²) in [5.74, 6) is 0.789. The minimum atomic E-state index is -0.342. The second-order valence-corrected chi connectivity index (χ2v) is 8.53. The molecule has 162 valence electrons. The van der Waals surface area contributed by atoms with Gasteiger partial charge in [0.05, 0.1) is 24.3 Å². The third kappa shape index (κ3) is 4.08. The zero-order valence-corrected chi connectivity index (χ0v) is 18.3. The minimum Gasteiger partial charge on any atom is -0.478 e. The Hall–Kier alpha value is -2.38. The molecule has 0 saturated carbocycles. The van der Waals surface area contributed by atoms with E-state index >= 15 is 0 Å². The second-order valence-electron chi connectivity index (χ2n) is 8.10. The van der Waals surface area contributed by atoms with E-state index in [2.05, 4.69) is 9.80 Å². The molecule has 5 rings (SSSR count). The molecule has 1 fully saturated rings. The number of hydrogen-bond acceptors (Lipinski definition) is 6. The van der Waals surface area contributed by atoms with Crippen molar-refractivity contribution in [3.05, 3.63) is 63.0 Å². The van der Waals surface area contributed by atoms with E-state index < -0.39 is 0 Å². The number of aryl methyl sites for hydroxylation is 1. The first-order valence-corrected chi connectivity index (χ1v) is 11.0. The van der Waals surface area contributed by atoms with Crippen LogP contribution in [0.25, 0.3) is 22.1 Å². The highest BCUT2D eigenvalue weighted by molar-refractivity contribution is 6.30. The van der Waals surface area contributed by atoms with Gasteiger partial charge < -0.3 is 13.9 Å². The summed E-state index contributed by atoms with van der Waals surface area (Å²) < 4.78 is 17.3. The molecule has 1 aromatic heterocycles. The van der Waals surface area contributed by atoms with Crippen molar-refractivity contribution in [1.29, 1.82) is 0 Å². The van der Waals surface area contributed by atoms with E-state index in [0.29, 0.717) is 29.4 Å². The molecule has 6 nitrogen and oxygen atoms in total. The number of nitrogens with zero attached hydrogens (tertiary/aromatic N) is 2. The highest BCUT2D eigenvalue weighted by Crippen LogP contribution is 2.35. The van der Waals surface area contributed by atoms with E-state index in [4.69, 9.17) is 25.5 Å². The fourth-order valence-electron chi connectivity index (χ4n) is 4.37. The average Bonchev–Trinajstić information content (AvgIpc) is 2.79. The van der Waals surface area contributed by atoms with Crippen LogP contribution in [0.4, 0.5) is 0 Å². The number of ether oxygens (including phenoxy) is 2. The quantitative estimate of drug-likeness (QED) is 0.573. The predicted octanol–water partition coefficient (Wildman–Crippen LogP) is 3.91. The van der Waals surface area contributed by atoms with Gasteiger partial charge in [-0.25, -0.2) is 4.79 Å². The van der Waals surface area contributed by atoms with Gasteiger partial charge in [0, 0.05) is 43.1 Å². The summed E-state index contributed by atoms with van der Waals surface area (Å²) in [5, 5.41) is 1.57. The lowest BCUT2D eigenvalue weighted by atomic mass is 9.97. The van der Waals surface area contributed by atoms with Crippen LogP contribution in [0.15, 0.2) is 45.6 Å². The minimum absolute atomic E-state index is 0.342. The molecule has 0 bridgehead atoms.